The number of hydrogen-bond donors (Lipinski definition) is 1. The zero-order chi connectivity index (χ0) is 27.6. The molecule has 1 fully saturated rings. The average Bonchev–Trinajstić information content (AvgIpc) is 2.99. The number of pyridine rings is 1. The van der Waals surface area contributed by atoms with E-state index in [4.69, 9.17) is 4.74 Å². The van der Waals surface area contributed by atoms with Crippen molar-refractivity contribution in [3.8, 4) is 5.75 Å². The largest absolute Gasteiger partial charge is 0.483 e. The van der Waals surface area contributed by atoms with Gasteiger partial charge in [-0.3, -0.25) is 14.5 Å². The Morgan fingerprint density at radius 1 is 0.875 bits per heavy atom. The quantitative estimate of drug-likeness (QED) is 0.377. The van der Waals surface area contributed by atoms with Gasteiger partial charge < -0.3 is 19.3 Å². The van der Waals surface area contributed by atoms with E-state index in [9.17, 15) is 19.5 Å². The van der Waals surface area contributed by atoms with Crippen molar-refractivity contribution in [2.45, 2.75) is 31.8 Å². The summed E-state index contributed by atoms with van der Waals surface area (Å²) >= 11 is 0. The molecule has 1 aromatic heterocycles. The number of hydrogen-bond acceptors (Lipinski definition) is 5. The van der Waals surface area contributed by atoms with Crippen LogP contribution in [0.1, 0.15) is 50.0 Å². The van der Waals surface area contributed by atoms with Gasteiger partial charge in [0.1, 0.15) is 18.3 Å². The molecule has 8 heteroatoms. The van der Waals surface area contributed by atoms with E-state index < -0.39 is 17.0 Å². The number of aromatic nitrogens is 1. The molecule has 0 aliphatic carbocycles. The van der Waals surface area contributed by atoms with Gasteiger partial charge in [-0.25, -0.2) is 4.79 Å². The molecular formula is C32H29N3O5. The minimum atomic E-state index is -1.35. The third kappa shape index (κ3) is 4.67. The van der Waals surface area contributed by atoms with Crippen molar-refractivity contribution < 1.29 is 19.4 Å². The Kier molecular flexibility index (Phi) is 6.92. The van der Waals surface area contributed by atoms with Crippen LogP contribution < -0.4 is 10.2 Å². The number of carbonyl (C=O) groups excluding carboxylic acids is 1. The summed E-state index contributed by atoms with van der Waals surface area (Å²) in [7, 11) is 0. The molecule has 8 nitrogen and oxygen atoms in total. The smallest absolute Gasteiger partial charge is 0.341 e. The minimum Gasteiger partial charge on any atom is -0.483 e. The third-order valence-corrected chi connectivity index (χ3v) is 7.64. The Morgan fingerprint density at radius 3 is 2.08 bits per heavy atom. The first-order chi connectivity index (χ1) is 19.5. The molecule has 3 aromatic carbocycles. The average molecular weight is 536 g/mol. The number of aromatic carboxylic acids is 1. The van der Waals surface area contributed by atoms with Gasteiger partial charge in [0.15, 0.2) is 11.4 Å². The molecule has 2 aliphatic rings. The van der Waals surface area contributed by atoms with Crippen LogP contribution in [0.15, 0.2) is 102 Å². The number of rotatable bonds is 7. The van der Waals surface area contributed by atoms with Gasteiger partial charge >= 0.3 is 5.97 Å². The Bertz CT molecular complexity index is 1550. The van der Waals surface area contributed by atoms with Crippen LogP contribution in [0.4, 0.5) is 0 Å². The van der Waals surface area contributed by atoms with Crippen LogP contribution in [0.5, 0.6) is 5.75 Å². The molecule has 1 atom stereocenters. The monoisotopic (exact) mass is 535 g/mol. The van der Waals surface area contributed by atoms with Crippen molar-refractivity contribution in [3.63, 3.8) is 0 Å². The van der Waals surface area contributed by atoms with Crippen molar-refractivity contribution in [3.05, 3.63) is 135 Å². The van der Waals surface area contributed by atoms with Crippen molar-refractivity contribution in [2.24, 2.45) is 0 Å². The summed E-state index contributed by atoms with van der Waals surface area (Å²) in [4.78, 5) is 43.5. The summed E-state index contributed by atoms with van der Waals surface area (Å²) in [5.41, 5.74) is 1.90. The van der Waals surface area contributed by atoms with E-state index in [2.05, 4.69) is 29.2 Å². The summed E-state index contributed by atoms with van der Waals surface area (Å²) in [5, 5.41) is 9.84. The maximum atomic E-state index is 14.1. The van der Waals surface area contributed by atoms with Gasteiger partial charge in [-0.15, -0.1) is 0 Å². The molecular weight excluding hydrogens is 506 g/mol. The number of carboxylic acid groups (broad SMARTS) is 1. The fourth-order valence-corrected chi connectivity index (χ4v) is 5.82. The van der Waals surface area contributed by atoms with E-state index in [0.29, 0.717) is 13.1 Å². The van der Waals surface area contributed by atoms with E-state index in [1.807, 2.05) is 66.7 Å². The lowest BCUT2D eigenvalue weighted by atomic mass is 9.94. The molecule has 0 bridgehead atoms. The van der Waals surface area contributed by atoms with Gasteiger partial charge in [0.25, 0.3) is 5.91 Å². The summed E-state index contributed by atoms with van der Waals surface area (Å²) in [6.07, 6.45) is 1.71. The SMILES string of the molecule is O=C(O)c1cn2c(c(OCc3ccccc3)c1=O)C(=O)N1CCCN(C(c3ccccc3)c3ccccc3)C1C2. The topological polar surface area (TPSA) is 92.1 Å². The molecule has 1 saturated heterocycles. The molecule has 1 amide bonds. The molecule has 1 unspecified atom stereocenters. The number of amides is 1. The molecule has 3 heterocycles. The van der Waals surface area contributed by atoms with Crippen LogP contribution in [0.25, 0.3) is 0 Å². The van der Waals surface area contributed by atoms with Crippen LogP contribution >= 0.6 is 0 Å². The van der Waals surface area contributed by atoms with E-state index in [1.165, 1.54) is 6.20 Å². The van der Waals surface area contributed by atoms with Gasteiger partial charge in [0.05, 0.1) is 12.6 Å². The molecule has 0 radical (unpaired) electrons. The molecule has 0 saturated carbocycles. The standard InChI is InChI=1S/C32H29N3O5/c36-29-25(32(38)39)19-33-20-26-34(27(23-13-6-2-7-14-23)24-15-8-3-9-16-24)17-10-18-35(26)31(37)28(33)30(29)40-21-22-11-4-1-5-12-22/h1-9,11-16,19,26-27H,10,17-18,20-21H2,(H,38,39). The first-order valence-electron chi connectivity index (χ1n) is 13.4. The van der Waals surface area contributed by atoms with E-state index >= 15 is 0 Å². The second-order valence-electron chi connectivity index (χ2n) is 10.1. The van der Waals surface area contributed by atoms with Crippen molar-refractivity contribution in [1.82, 2.24) is 14.4 Å². The third-order valence-electron chi connectivity index (χ3n) is 7.64. The number of benzene rings is 3. The van der Waals surface area contributed by atoms with Gasteiger partial charge in [-0.2, -0.15) is 0 Å². The molecule has 2 aliphatic heterocycles. The first kappa shape index (κ1) is 25.6. The van der Waals surface area contributed by atoms with Crippen LogP contribution in [0, 0.1) is 0 Å². The highest BCUT2D eigenvalue weighted by Gasteiger charge is 2.43. The van der Waals surface area contributed by atoms with Crippen LogP contribution in [-0.4, -0.2) is 50.6 Å². The van der Waals surface area contributed by atoms with Gasteiger partial charge in [0, 0.05) is 19.3 Å². The summed E-state index contributed by atoms with van der Waals surface area (Å²) in [6, 6.07) is 29.5. The maximum absolute atomic E-state index is 14.1. The van der Waals surface area contributed by atoms with Crippen molar-refractivity contribution in [2.75, 3.05) is 13.1 Å². The maximum Gasteiger partial charge on any atom is 0.341 e. The zero-order valence-corrected chi connectivity index (χ0v) is 21.8. The number of carboxylic acids is 1. The second-order valence-corrected chi connectivity index (χ2v) is 10.1. The highest BCUT2D eigenvalue weighted by atomic mass is 16.5. The predicted molar refractivity (Wildman–Crippen MR) is 149 cm³/mol. The van der Waals surface area contributed by atoms with E-state index in [1.54, 1.807) is 9.47 Å². The Balaban J connectivity index is 1.43. The van der Waals surface area contributed by atoms with Gasteiger partial charge in [-0.05, 0) is 23.1 Å². The highest BCUT2D eigenvalue weighted by Crippen LogP contribution is 2.37. The molecule has 40 heavy (non-hydrogen) atoms. The fourth-order valence-electron chi connectivity index (χ4n) is 5.82. The Labute approximate surface area is 231 Å². The normalized spacial score (nSPS) is 16.9. The number of fused-ring (bicyclic) bond motifs is 2. The summed E-state index contributed by atoms with van der Waals surface area (Å²) < 4.78 is 7.51. The van der Waals surface area contributed by atoms with E-state index in [0.717, 1.165) is 29.7 Å². The number of ether oxygens (including phenoxy) is 1. The lowest BCUT2D eigenvalue weighted by Gasteiger charge is -2.50. The predicted octanol–water partition coefficient (Wildman–Crippen LogP) is 4.40. The Morgan fingerprint density at radius 2 is 1.48 bits per heavy atom. The molecule has 4 aromatic rings. The van der Waals surface area contributed by atoms with Crippen LogP contribution in [-0.2, 0) is 13.2 Å². The van der Waals surface area contributed by atoms with E-state index in [-0.39, 0.29) is 36.2 Å². The van der Waals surface area contributed by atoms with Gasteiger partial charge in [-0.1, -0.05) is 91.0 Å². The van der Waals surface area contributed by atoms with Crippen LogP contribution in [0.3, 0.4) is 0 Å². The first-order valence-corrected chi connectivity index (χ1v) is 13.4. The minimum absolute atomic E-state index is 0.0407. The Hall–Kier alpha value is -4.69. The molecule has 0 spiro atoms. The van der Waals surface area contributed by atoms with Gasteiger partial charge in [0.2, 0.25) is 5.43 Å². The van der Waals surface area contributed by atoms with Crippen LogP contribution in [0.2, 0.25) is 0 Å². The van der Waals surface area contributed by atoms with Crippen molar-refractivity contribution >= 4 is 11.9 Å². The lowest BCUT2D eigenvalue weighted by Crippen LogP contribution is -2.61. The number of carbonyl (C=O) groups is 2. The van der Waals surface area contributed by atoms with Crippen molar-refractivity contribution in [1.29, 1.82) is 0 Å². The summed E-state index contributed by atoms with van der Waals surface area (Å²) in [6.45, 7) is 1.63. The molecule has 6 rings (SSSR count). The summed E-state index contributed by atoms with van der Waals surface area (Å²) in [5.74, 6) is -1.91. The molecule has 202 valence electrons. The highest BCUT2D eigenvalue weighted by molar-refractivity contribution is 5.98. The molecule has 1 N–H and O–H groups in total. The number of nitrogens with zero attached hydrogens (tertiary/aromatic N) is 3. The fraction of sp³-hybridized carbons (Fsp3) is 0.219. The zero-order valence-electron chi connectivity index (χ0n) is 21.8. The second kappa shape index (κ2) is 10.8. The lowest BCUT2D eigenvalue weighted by molar-refractivity contribution is -0.0241.